The number of pyridine rings is 1. The predicted molar refractivity (Wildman–Crippen MR) is 121 cm³/mol. The molecule has 154 valence electrons. The molecule has 0 atom stereocenters. The molecule has 0 spiro atoms. The van der Waals surface area contributed by atoms with Gasteiger partial charge in [-0.3, -0.25) is 14.8 Å². The quantitative estimate of drug-likeness (QED) is 0.453. The third-order valence-electron chi connectivity index (χ3n) is 6.60. The van der Waals surface area contributed by atoms with E-state index >= 15 is 0 Å². The Balaban J connectivity index is 1.51. The Kier molecular flexibility index (Phi) is 4.69. The van der Waals surface area contributed by atoms with Gasteiger partial charge >= 0.3 is 0 Å². The van der Waals surface area contributed by atoms with E-state index in [1.54, 1.807) is 0 Å². The average molecular weight is 400 g/mol. The zero-order chi connectivity index (χ0) is 20.7. The summed E-state index contributed by atoms with van der Waals surface area (Å²) in [6, 6.07) is 10.6. The van der Waals surface area contributed by atoms with Crippen LogP contribution < -0.4 is 0 Å². The van der Waals surface area contributed by atoms with Crippen LogP contribution in [0.2, 0.25) is 0 Å². The van der Waals surface area contributed by atoms with E-state index < -0.39 is 0 Å². The minimum Gasteiger partial charge on any atom is -0.282 e. The first-order chi connectivity index (χ1) is 14.5. The van der Waals surface area contributed by atoms with Crippen molar-refractivity contribution < 1.29 is 0 Å². The highest BCUT2D eigenvalue weighted by atomic mass is 15.3. The number of nitrogens with zero attached hydrogens (tertiary/aromatic N) is 4. The molecule has 0 bridgehead atoms. The van der Waals surface area contributed by atoms with Gasteiger partial charge in [0.2, 0.25) is 0 Å². The van der Waals surface area contributed by atoms with E-state index in [1.165, 1.54) is 32.1 Å². The molecule has 0 amide bonds. The molecule has 5 heteroatoms. The van der Waals surface area contributed by atoms with Crippen molar-refractivity contribution in [2.24, 2.45) is 5.41 Å². The third kappa shape index (κ3) is 3.53. The molecule has 0 radical (unpaired) electrons. The van der Waals surface area contributed by atoms with Crippen molar-refractivity contribution in [1.82, 2.24) is 25.0 Å². The van der Waals surface area contributed by atoms with Gasteiger partial charge in [-0.1, -0.05) is 44.4 Å². The first kappa shape index (κ1) is 19.0. The molecule has 3 heterocycles. The van der Waals surface area contributed by atoms with Gasteiger partial charge in [0.25, 0.3) is 0 Å². The number of aromatic nitrogens is 5. The van der Waals surface area contributed by atoms with E-state index in [0.29, 0.717) is 5.41 Å². The Morgan fingerprint density at radius 3 is 2.70 bits per heavy atom. The number of rotatable bonds is 4. The van der Waals surface area contributed by atoms with E-state index in [4.69, 9.17) is 10.1 Å². The standard InChI is InChI=1S/C25H29N5/c1-17-7-9-22(20-14-26-30(15-20)16-25(3)11-5-4-6-12-25)24(27-17)19-8-10-21-18(2)28-29-23(21)13-19/h7-10,13-15H,4-6,11-12,16H2,1-3H3,(H,28,29). The Morgan fingerprint density at radius 1 is 1.03 bits per heavy atom. The summed E-state index contributed by atoms with van der Waals surface area (Å²) in [4.78, 5) is 4.90. The number of fused-ring (bicyclic) bond motifs is 1. The van der Waals surface area contributed by atoms with E-state index in [2.05, 4.69) is 58.3 Å². The van der Waals surface area contributed by atoms with Gasteiger partial charge in [0.05, 0.1) is 17.4 Å². The minimum atomic E-state index is 0.360. The normalized spacial score (nSPS) is 16.2. The third-order valence-corrected chi connectivity index (χ3v) is 6.60. The highest BCUT2D eigenvalue weighted by Gasteiger charge is 2.27. The van der Waals surface area contributed by atoms with E-state index in [1.807, 2.05) is 20.0 Å². The fourth-order valence-corrected chi connectivity index (χ4v) is 4.85. The molecule has 0 aliphatic heterocycles. The van der Waals surface area contributed by atoms with Crippen LogP contribution in [0.3, 0.4) is 0 Å². The van der Waals surface area contributed by atoms with Gasteiger partial charge in [0, 0.05) is 46.2 Å². The van der Waals surface area contributed by atoms with Crippen LogP contribution in [-0.2, 0) is 6.54 Å². The van der Waals surface area contributed by atoms with Crippen molar-refractivity contribution in [3.8, 4) is 22.4 Å². The van der Waals surface area contributed by atoms with Crippen molar-refractivity contribution in [3.63, 3.8) is 0 Å². The summed E-state index contributed by atoms with van der Waals surface area (Å²) in [6.07, 6.45) is 10.8. The maximum atomic E-state index is 4.90. The van der Waals surface area contributed by atoms with Crippen LogP contribution in [0.4, 0.5) is 0 Å². The summed E-state index contributed by atoms with van der Waals surface area (Å²) in [5, 5.41) is 13.4. The number of aromatic amines is 1. The first-order valence-corrected chi connectivity index (χ1v) is 11.0. The van der Waals surface area contributed by atoms with Crippen LogP contribution in [-0.4, -0.2) is 25.0 Å². The van der Waals surface area contributed by atoms with Crippen LogP contribution in [0.1, 0.15) is 50.4 Å². The second kappa shape index (κ2) is 7.38. The lowest BCUT2D eigenvalue weighted by Crippen LogP contribution is -2.26. The van der Waals surface area contributed by atoms with E-state index in [9.17, 15) is 0 Å². The molecule has 3 aromatic heterocycles. The van der Waals surface area contributed by atoms with Crippen molar-refractivity contribution in [2.75, 3.05) is 0 Å². The first-order valence-electron chi connectivity index (χ1n) is 11.0. The van der Waals surface area contributed by atoms with Gasteiger partial charge in [0.15, 0.2) is 0 Å². The predicted octanol–water partition coefficient (Wildman–Crippen LogP) is 6.08. The highest BCUT2D eigenvalue weighted by molar-refractivity contribution is 5.89. The lowest BCUT2D eigenvalue weighted by molar-refractivity contribution is 0.176. The molecule has 1 aliphatic carbocycles. The number of H-pyrrole nitrogens is 1. The van der Waals surface area contributed by atoms with Crippen molar-refractivity contribution >= 4 is 10.9 Å². The Morgan fingerprint density at radius 2 is 1.87 bits per heavy atom. The van der Waals surface area contributed by atoms with Crippen LogP contribution in [0.15, 0.2) is 42.7 Å². The molecule has 1 saturated carbocycles. The lowest BCUT2D eigenvalue weighted by atomic mass is 9.76. The zero-order valence-corrected chi connectivity index (χ0v) is 18.1. The fraction of sp³-hybridized carbons (Fsp3) is 0.400. The second-order valence-corrected chi connectivity index (χ2v) is 9.23. The smallest absolute Gasteiger partial charge is 0.0930 e. The number of benzene rings is 1. The Hall–Kier alpha value is -2.95. The Labute approximate surface area is 177 Å². The summed E-state index contributed by atoms with van der Waals surface area (Å²) >= 11 is 0. The molecule has 0 unspecified atom stereocenters. The molecular formula is C25H29N5. The summed E-state index contributed by atoms with van der Waals surface area (Å²) in [5.74, 6) is 0. The monoisotopic (exact) mass is 399 g/mol. The molecular weight excluding hydrogens is 370 g/mol. The number of aryl methyl sites for hydroxylation is 2. The fourth-order valence-electron chi connectivity index (χ4n) is 4.85. The molecule has 1 aromatic carbocycles. The average Bonchev–Trinajstić information content (AvgIpc) is 3.34. The van der Waals surface area contributed by atoms with Gasteiger partial charge in [-0.05, 0) is 44.2 Å². The van der Waals surface area contributed by atoms with E-state index in [0.717, 1.165) is 51.2 Å². The van der Waals surface area contributed by atoms with Crippen LogP contribution in [0.25, 0.3) is 33.3 Å². The summed E-state index contributed by atoms with van der Waals surface area (Å²) in [7, 11) is 0. The van der Waals surface area contributed by atoms with Gasteiger partial charge < -0.3 is 0 Å². The molecule has 1 N–H and O–H groups in total. The number of nitrogens with one attached hydrogen (secondary N) is 1. The zero-order valence-electron chi connectivity index (χ0n) is 18.1. The van der Waals surface area contributed by atoms with Gasteiger partial charge in [-0.25, -0.2) is 0 Å². The second-order valence-electron chi connectivity index (χ2n) is 9.23. The molecule has 1 aliphatic rings. The topological polar surface area (TPSA) is 59.4 Å². The lowest BCUT2D eigenvalue weighted by Gasteiger charge is -2.33. The highest BCUT2D eigenvalue weighted by Crippen LogP contribution is 2.38. The van der Waals surface area contributed by atoms with Crippen LogP contribution in [0.5, 0.6) is 0 Å². The molecule has 4 aromatic rings. The molecule has 30 heavy (non-hydrogen) atoms. The van der Waals surface area contributed by atoms with Crippen molar-refractivity contribution in [2.45, 2.75) is 59.4 Å². The number of hydrogen-bond donors (Lipinski definition) is 1. The number of hydrogen-bond acceptors (Lipinski definition) is 3. The SMILES string of the molecule is Cc1ccc(-c2cnn(CC3(C)CCCCC3)c2)c(-c2ccc3c(C)[nH]nc3c2)n1. The van der Waals surface area contributed by atoms with Crippen molar-refractivity contribution in [3.05, 3.63) is 54.1 Å². The molecule has 0 saturated heterocycles. The summed E-state index contributed by atoms with van der Waals surface area (Å²) in [5.41, 5.74) is 7.74. The summed E-state index contributed by atoms with van der Waals surface area (Å²) < 4.78 is 2.13. The Bertz CT molecular complexity index is 1190. The van der Waals surface area contributed by atoms with Crippen LogP contribution >= 0.6 is 0 Å². The molecule has 1 fully saturated rings. The molecule has 5 rings (SSSR count). The van der Waals surface area contributed by atoms with Gasteiger partial charge in [-0.15, -0.1) is 0 Å². The summed E-state index contributed by atoms with van der Waals surface area (Å²) in [6.45, 7) is 7.48. The molecule has 5 nitrogen and oxygen atoms in total. The maximum Gasteiger partial charge on any atom is 0.0930 e. The van der Waals surface area contributed by atoms with E-state index in [-0.39, 0.29) is 0 Å². The van der Waals surface area contributed by atoms with Gasteiger partial charge in [0.1, 0.15) is 0 Å². The van der Waals surface area contributed by atoms with Crippen molar-refractivity contribution in [1.29, 1.82) is 0 Å². The van der Waals surface area contributed by atoms with Crippen LogP contribution in [0, 0.1) is 19.3 Å². The maximum absolute atomic E-state index is 4.90. The van der Waals surface area contributed by atoms with Gasteiger partial charge in [-0.2, -0.15) is 10.2 Å². The minimum absolute atomic E-state index is 0.360. The largest absolute Gasteiger partial charge is 0.282 e.